The molecule has 20 heavy (non-hydrogen) atoms. The van der Waals surface area contributed by atoms with E-state index in [-0.39, 0.29) is 5.78 Å². The molecule has 3 heteroatoms. The van der Waals surface area contributed by atoms with E-state index in [0.29, 0.717) is 0 Å². The number of likely N-dealkylation sites (N-methyl/N-ethyl adjacent to an activating group) is 1. The minimum atomic E-state index is -0.506. The number of fused-ring (bicyclic) bond motifs is 1. The first-order valence-corrected chi connectivity index (χ1v) is 7.15. The van der Waals surface area contributed by atoms with Gasteiger partial charge in [-0.25, -0.2) is 0 Å². The molecule has 0 radical (unpaired) electrons. The van der Waals surface area contributed by atoms with Gasteiger partial charge in [-0.2, -0.15) is 0 Å². The fraction of sp³-hybridized carbons (Fsp3) is 0.412. The fourth-order valence-corrected chi connectivity index (χ4v) is 2.80. The second kappa shape index (κ2) is 5.71. The normalized spacial score (nSPS) is 12.1. The molecular formula is C17H22N2O. The summed E-state index contributed by atoms with van der Waals surface area (Å²) in [6.45, 7) is 9.89. The first kappa shape index (κ1) is 14.7. The molecule has 0 saturated heterocycles. The third-order valence-corrected chi connectivity index (χ3v) is 4.04. The molecule has 0 aliphatic rings. The largest absolute Gasteiger partial charge is 0.292 e. The van der Waals surface area contributed by atoms with Gasteiger partial charge in [0.05, 0.1) is 5.54 Å². The van der Waals surface area contributed by atoms with Gasteiger partial charge < -0.3 is 0 Å². The quantitative estimate of drug-likeness (QED) is 0.779. The molecule has 0 saturated carbocycles. The van der Waals surface area contributed by atoms with Crippen LogP contribution in [0.1, 0.15) is 38.1 Å². The second-order valence-corrected chi connectivity index (χ2v) is 5.46. The van der Waals surface area contributed by atoms with Crippen LogP contribution in [0.15, 0.2) is 36.7 Å². The summed E-state index contributed by atoms with van der Waals surface area (Å²) in [5.74, 6) is 0.153. The fourth-order valence-electron chi connectivity index (χ4n) is 2.80. The summed E-state index contributed by atoms with van der Waals surface area (Å²) >= 11 is 0. The van der Waals surface area contributed by atoms with Crippen molar-refractivity contribution in [2.75, 3.05) is 13.1 Å². The maximum absolute atomic E-state index is 13.0. The van der Waals surface area contributed by atoms with E-state index < -0.39 is 5.54 Å². The Morgan fingerprint density at radius 3 is 2.55 bits per heavy atom. The lowest BCUT2D eigenvalue weighted by molar-refractivity contribution is 0.0670. The molecule has 0 amide bonds. The molecular weight excluding hydrogens is 248 g/mol. The molecule has 2 aromatic rings. The molecule has 0 atom stereocenters. The number of hydrogen-bond donors (Lipinski definition) is 0. The van der Waals surface area contributed by atoms with E-state index in [1.165, 1.54) is 0 Å². The zero-order valence-corrected chi connectivity index (χ0v) is 12.7. The third kappa shape index (κ3) is 2.46. The van der Waals surface area contributed by atoms with E-state index in [1.807, 2.05) is 38.1 Å². The van der Waals surface area contributed by atoms with Crippen molar-refractivity contribution < 1.29 is 4.79 Å². The molecule has 0 aliphatic carbocycles. The maximum Gasteiger partial charge on any atom is 0.183 e. The number of hydrogen-bond acceptors (Lipinski definition) is 3. The molecule has 106 valence electrons. The monoisotopic (exact) mass is 270 g/mol. The van der Waals surface area contributed by atoms with Gasteiger partial charge in [0.1, 0.15) is 0 Å². The Labute approximate surface area is 120 Å². The van der Waals surface area contributed by atoms with Gasteiger partial charge in [-0.15, -0.1) is 0 Å². The van der Waals surface area contributed by atoms with Crippen LogP contribution in [0.4, 0.5) is 0 Å². The van der Waals surface area contributed by atoms with Crippen molar-refractivity contribution in [2.24, 2.45) is 0 Å². The first-order valence-electron chi connectivity index (χ1n) is 7.15. The van der Waals surface area contributed by atoms with Crippen molar-refractivity contribution in [2.45, 2.75) is 33.2 Å². The summed E-state index contributed by atoms with van der Waals surface area (Å²) in [6, 6.07) is 7.79. The summed E-state index contributed by atoms with van der Waals surface area (Å²) in [5.41, 5.74) is 0.251. The zero-order chi connectivity index (χ0) is 14.8. The Hall–Kier alpha value is -1.74. The van der Waals surface area contributed by atoms with Gasteiger partial charge in [0.25, 0.3) is 0 Å². The topological polar surface area (TPSA) is 33.2 Å². The molecule has 0 aliphatic heterocycles. The Morgan fingerprint density at radius 2 is 1.90 bits per heavy atom. The number of pyridine rings is 1. The lowest BCUT2D eigenvalue weighted by Crippen LogP contribution is -2.49. The van der Waals surface area contributed by atoms with Gasteiger partial charge in [-0.05, 0) is 38.4 Å². The van der Waals surface area contributed by atoms with Crippen LogP contribution >= 0.6 is 0 Å². The number of carbonyl (C=O) groups excluding carboxylic acids is 1. The molecule has 0 fully saturated rings. The molecule has 0 N–H and O–H groups in total. The van der Waals surface area contributed by atoms with Crippen LogP contribution < -0.4 is 0 Å². The molecule has 1 aromatic heterocycles. The average Bonchev–Trinajstić information content (AvgIpc) is 2.47. The molecule has 1 heterocycles. The summed E-state index contributed by atoms with van der Waals surface area (Å²) in [6.07, 6.45) is 3.53. The van der Waals surface area contributed by atoms with Gasteiger partial charge in [0.2, 0.25) is 0 Å². The van der Waals surface area contributed by atoms with Crippen LogP contribution in [0, 0.1) is 0 Å². The Balaban J connectivity index is 2.51. The lowest BCUT2D eigenvalue weighted by atomic mass is 9.89. The highest BCUT2D eigenvalue weighted by atomic mass is 16.1. The van der Waals surface area contributed by atoms with Crippen LogP contribution in [-0.2, 0) is 0 Å². The molecule has 0 unspecified atom stereocenters. The summed E-state index contributed by atoms with van der Waals surface area (Å²) in [7, 11) is 0. The molecule has 0 spiro atoms. The summed E-state index contributed by atoms with van der Waals surface area (Å²) in [5, 5.41) is 1.99. The van der Waals surface area contributed by atoms with Gasteiger partial charge in [0.15, 0.2) is 5.78 Å². The number of rotatable bonds is 5. The Morgan fingerprint density at radius 1 is 1.20 bits per heavy atom. The van der Waals surface area contributed by atoms with Crippen molar-refractivity contribution >= 4 is 16.6 Å². The Bertz CT molecular complexity index is 610. The van der Waals surface area contributed by atoms with E-state index in [1.54, 1.807) is 12.4 Å². The molecule has 3 nitrogen and oxygen atoms in total. The third-order valence-electron chi connectivity index (χ3n) is 4.04. The van der Waals surface area contributed by atoms with E-state index in [4.69, 9.17) is 0 Å². The number of ketones is 1. The van der Waals surface area contributed by atoms with Crippen molar-refractivity contribution in [3.8, 4) is 0 Å². The number of Topliss-reactive ketones (excluding diaryl/α,β-unsaturated/α-hetero) is 1. The number of carbonyl (C=O) groups is 1. The smallest absolute Gasteiger partial charge is 0.183 e. The lowest BCUT2D eigenvalue weighted by Gasteiger charge is -2.36. The highest BCUT2D eigenvalue weighted by Crippen LogP contribution is 2.25. The van der Waals surface area contributed by atoms with Gasteiger partial charge in [-0.1, -0.05) is 32.0 Å². The van der Waals surface area contributed by atoms with E-state index in [9.17, 15) is 4.79 Å². The van der Waals surface area contributed by atoms with Crippen LogP contribution in [0.2, 0.25) is 0 Å². The molecule has 2 rings (SSSR count). The van der Waals surface area contributed by atoms with E-state index >= 15 is 0 Å². The van der Waals surface area contributed by atoms with Crippen molar-refractivity contribution in [1.29, 1.82) is 0 Å². The minimum Gasteiger partial charge on any atom is -0.292 e. The van der Waals surface area contributed by atoms with Crippen molar-refractivity contribution in [3.63, 3.8) is 0 Å². The Kier molecular flexibility index (Phi) is 4.19. The standard InChI is InChI=1S/C17H22N2O/c1-5-19(6-2)17(3,4)16(20)14-9-7-8-13-10-11-18-12-15(13)14/h7-12H,5-6H2,1-4H3. The SMILES string of the molecule is CCN(CC)C(C)(C)C(=O)c1cccc2ccncc12. The minimum absolute atomic E-state index is 0.153. The van der Waals surface area contributed by atoms with Crippen LogP contribution in [-0.4, -0.2) is 34.3 Å². The van der Waals surface area contributed by atoms with Crippen LogP contribution in [0.3, 0.4) is 0 Å². The predicted molar refractivity (Wildman–Crippen MR) is 83.1 cm³/mol. The second-order valence-electron chi connectivity index (χ2n) is 5.46. The van der Waals surface area contributed by atoms with Gasteiger partial charge >= 0.3 is 0 Å². The highest BCUT2D eigenvalue weighted by Gasteiger charge is 2.34. The first-order chi connectivity index (χ1) is 9.52. The average molecular weight is 270 g/mol. The van der Waals surface area contributed by atoms with Crippen molar-refractivity contribution in [1.82, 2.24) is 9.88 Å². The zero-order valence-electron chi connectivity index (χ0n) is 12.7. The van der Waals surface area contributed by atoms with Crippen LogP contribution in [0.5, 0.6) is 0 Å². The highest BCUT2D eigenvalue weighted by molar-refractivity contribution is 6.11. The maximum atomic E-state index is 13.0. The van der Waals surface area contributed by atoms with E-state index in [0.717, 1.165) is 29.4 Å². The number of nitrogens with zero attached hydrogens (tertiary/aromatic N) is 2. The van der Waals surface area contributed by atoms with E-state index in [2.05, 4.69) is 23.7 Å². The molecule has 0 bridgehead atoms. The van der Waals surface area contributed by atoms with Gasteiger partial charge in [-0.3, -0.25) is 14.7 Å². The summed E-state index contributed by atoms with van der Waals surface area (Å²) in [4.78, 5) is 19.3. The predicted octanol–water partition coefficient (Wildman–Crippen LogP) is 3.54. The van der Waals surface area contributed by atoms with Crippen LogP contribution in [0.25, 0.3) is 10.8 Å². The summed E-state index contributed by atoms with van der Waals surface area (Å²) < 4.78 is 0. The number of benzene rings is 1. The molecule has 1 aromatic carbocycles. The van der Waals surface area contributed by atoms with Crippen molar-refractivity contribution in [3.05, 3.63) is 42.2 Å². The van der Waals surface area contributed by atoms with Gasteiger partial charge in [0, 0.05) is 23.3 Å². The number of aromatic nitrogens is 1.